The van der Waals surface area contributed by atoms with Crippen molar-refractivity contribution in [2.75, 3.05) is 18.5 Å². The van der Waals surface area contributed by atoms with Crippen molar-refractivity contribution >= 4 is 39.9 Å². The topological polar surface area (TPSA) is 66.8 Å². The smallest absolute Gasteiger partial charge is 0.241 e. The highest BCUT2D eigenvalue weighted by molar-refractivity contribution is 9.10. The molecule has 6 nitrogen and oxygen atoms in total. The molecule has 7 heteroatoms. The van der Waals surface area contributed by atoms with E-state index >= 15 is 0 Å². The summed E-state index contributed by atoms with van der Waals surface area (Å²) in [5.41, 5.74) is 1.55. The van der Waals surface area contributed by atoms with E-state index in [1.807, 2.05) is 20.0 Å². The molecule has 3 unspecified atom stereocenters. The second kappa shape index (κ2) is 7.96. The average Bonchev–Trinajstić information content (AvgIpc) is 2.99. The van der Waals surface area contributed by atoms with E-state index in [0.717, 1.165) is 17.8 Å². The number of amides is 1. The third-order valence-electron chi connectivity index (χ3n) is 4.65. The molecule has 0 spiro atoms. The van der Waals surface area contributed by atoms with Gasteiger partial charge in [0.25, 0.3) is 0 Å². The molecule has 132 valence electrons. The van der Waals surface area contributed by atoms with Crippen LogP contribution in [-0.2, 0) is 4.79 Å². The Morgan fingerprint density at radius 3 is 2.83 bits per heavy atom. The van der Waals surface area contributed by atoms with Crippen LogP contribution in [0.25, 0.3) is 0 Å². The van der Waals surface area contributed by atoms with Crippen LogP contribution in [0.3, 0.4) is 0 Å². The minimum absolute atomic E-state index is 0.0723. The number of carbonyl (C=O) groups is 1. The van der Waals surface area contributed by atoms with Gasteiger partial charge in [-0.3, -0.25) is 9.79 Å². The molecule has 0 aromatic carbocycles. The van der Waals surface area contributed by atoms with Crippen LogP contribution in [-0.4, -0.2) is 43.3 Å². The van der Waals surface area contributed by atoms with Gasteiger partial charge in [-0.25, -0.2) is 4.98 Å². The van der Waals surface area contributed by atoms with Crippen molar-refractivity contribution in [3.05, 3.63) is 10.7 Å². The van der Waals surface area contributed by atoms with E-state index in [2.05, 4.69) is 56.7 Å². The third-order valence-corrected chi connectivity index (χ3v) is 5.06. The van der Waals surface area contributed by atoms with Crippen LogP contribution in [0.2, 0.25) is 0 Å². The fourth-order valence-electron chi connectivity index (χ4n) is 2.73. The predicted octanol–water partition coefficient (Wildman–Crippen LogP) is 3.31. The summed E-state index contributed by atoms with van der Waals surface area (Å²) in [5, 5.41) is 2.85. The van der Waals surface area contributed by atoms with E-state index in [9.17, 15) is 4.79 Å². The maximum absolute atomic E-state index is 11.4. The summed E-state index contributed by atoms with van der Waals surface area (Å²) in [5.74, 6) is 0.727. The molecule has 0 radical (unpaired) electrons. The number of ether oxygens (including phenoxy) is 1. The standard InChI is InChI=1S/C17H25BrN4O2/c1-6-10(2)22(5)16-13(19-4)8-14(18)21-17(16)24-11(3)12-7-15(23)20-9-12/h8,10-12H,4,6-7,9H2,1-3,5H3,(H,20,23). The molecule has 1 aromatic heterocycles. The van der Waals surface area contributed by atoms with Crippen LogP contribution in [0.15, 0.2) is 15.7 Å². The number of halogens is 1. The molecule has 1 aromatic rings. The maximum atomic E-state index is 11.4. The Morgan fingerprint density at radius 1 is 1.58 bits per heavy atom. The summed E-state index contributed by atoms with van der Waals surface area (Å²) in [6.45, 7) is 10.6. The highest BCUT2D eigenvalue weighted by Gasteiger charge is 2.30. The molecule has 0 saturated carbocycles. The van der Waals surface area contributed by atoms with Crippen molar-refractivity contribution in [3.8, 4) is 5.88 Å². The summed E-state index contributed by atoms with van der Waals surface area (Å²) in [4.78, 5) is 22.2. The minimum Gasteiger partial charge on any atom is -0.473 e. The highest BCUT2D eigenvalue weighted by atomic mass is 79.9. The number of carbonyl (C=O) groups excluding carboxylic acids is 1. The fraction of sp³-hybridized carbons (Fsp3) is 0.588. The number of rotatable bonds is 7. The predicted molar refractivity (Wildman–Crippen MR) is 101 cm³/mol. The van der Waals surface area contributed by atoms with Gasteiger partial charge in [-0.2, -0.15) is 0 Å². The van der Waals surface area contributed by atoms with Crippen molar-refractivity contribution in [2.45, 2.75) is 45.8 Å². The van der Waals surface area contributed by atoms with E-state index in [0.29, 0.717) is 29.5 Å². The first kappa shape index (κ1) is 18.7. The van der Waals surface area contributed by atoms with Gasteiger partial charge in [0.2, 0.25) is 11.8 Å². The van der Waals surface area contributed by atoms with Crippen LogP contribution in [0.5, 0.6) is 5.88 Å². The Labute approximate surface area is 151 Å². The van der Waals surface area contributed by atoms with Crippen molar-refractivity contribution < 1.29 is 9.53 Å². The van der Waals surface area contributed by atoms with Crippen LogP contribution < -0.4 is 15.0 Å². The quantitative estimate of drug-likeness (QED) is 0.566. The van der Waals surface area contributed by atoms with Crippen LogP contribution in [0.1, 0.15) is 33.6 Å². The second-order valence-electron chi connectivity index (χ2n) is 6.24. The summed E-state index contributed by atoms with van der Waals surface area (Å²) in [6, 6.07) is 2.14. The monoisotopic (exact) mass is 396 g/mol. The number of hydrogen-bond donors (Lipinski definition) is 1. The van der Waals surface area contributed by atoms with E-state index in [-0.39, 0.29) is 17.9 Å². The van der Waals surface area contributed by atoms with E-state index < -0.39 is 0 Å². The van der Waals surface area contributed by atoms with E-state index in [4.69, 9.17) is 4.74 Å². The number of hydrogen-bond acceptors (Lipinski definition) is 5. The lowest BCUT2D eigenvalue weighted by Crippen LogP contribution is -2.31. The molecular weight excluding hydrogens is 372 g/mol. The van der Waals surface area contributed by atoms with Gasteiger partial charge in [-0.15, -0.1) is 0 Å². The van der Waals surface area contributed by atoms with Gasteiger partial charge in [0.15, 0.2) is 0 Å². The van der Waals surface area contributed by atoms with Crippen molar-refractivity contribution in [1.82, 2.24) is 10.3 Å². The Hall–Kier alpha value is -1.63. The normalized spacial score (nSPS) is 19.5. The Kier molecular flexibility index (Phi) is 6.21. The molecule has 3 atom stereocenters. The third kappa shape index (κ3) is 4.06. The largest absolute Gasteiger partial charge is 0.473 e. The lowest BCUT2D eigenvalue weighted by atomic mass is 10.0. The van der Waals surface area contributed by atoms with Crippen LogP contribution in [0, 0.1) is 5.92 Å². The molecule has 2 rings (SSSR count). The number of nitrogens with zero attached hydrogens (tertiary/aromatic N) is 3. The minimum atomic E-state index is -0.132. The molecule has 1 aliphatic rings. The summed E-state index contributed by atoms with van der Waals surface area (Å²) in [6.07, 6.45) is 1.34. The van der Waals surface area contributed by atoms with Gasteiger partial charge in [0.1, 0.15) is 16.4 Å². The zero-order chi connectivity index (χ0) is 17.9. The number of anilines is 1. The van der Waals surface area contributed by atoms with Crippen LogP contribution >= 0.6 is 15.9 Å². The second-order valence-corrected chi connectivity index (χ2v) is 7.05. The molecule has 1 aliphatic heterocycles. The molecular formula is C17H25BrN4O2. The SMILES string of the molecule is C=Nc1cc(Br)nc(OC(C)C2CNC(=O)C2)c1N(C)C(C)CC. The number of aromatic nitrogens is 1. The lowest BCUT2D eigenvalue weighted by Gasteiger charge is -2.30. The molecule has 0 aliphatic carbocycles. The Balaban J connectivity index is 2.34. The van der Waals surface area contributed by atoms with E-state index in [1.54, 1.807) is 0 Å². The maximum Gasteiger partial charge on any atom is 0.241 e. The molecule has 24 heavy (non-hydrogen) atoms. The molecule has 1 amide bonds. The van der Waals surface area contributed by atoms with Crippen LogP contribution in [0.4, 0.5) is 11.4 Å². The van der Waals surface area contributed by atoms with Crippen molar-refractivity contribution in [1.29, 1.82) is 0 Å². The zero-order valence-electron chi connectivity index (χ0n) is 14.7. The van der Waals surface area contributed by atoms with Crippen molar-refractivity contribution in [2.24, 2.45) is 10.9 Å². The molecule has 1 fully saturated rings. The average molecular weight is 397 g/mol. The van der Waals surface area contributed by atoms with Gasteiger partial charge >= 0.3 is 0 Å². The lowest BCUT2D eigenvalue weighted by molar-refractivity contribution is -0.119. The molecule has 2 heterocycles. The first-order valence-electron chi connectivity index (χ1n) is 8.20. The van der Waals surface area contributed by atoms with Gasteiger partial charge in [-0.05, 0) is 49.0 Å². The number of pyridine rings is 1. The fourth-order valence-corrected chi connectivity index (χ4v) is 3.11. The highest BCUT2D eigenvalue weighted by Crippen LogP contribution is 2.40. The molecule has 1 N–H and O–H groups in total. The Morgan fingerprint density at radius 2 is 2.29 bits per heavy atom. The van der Waals surface area contributed by atoms with Gasteiger partial charge in [-0.1, -0.05) is 6.92 Å². The number of aliphatic imine (C=N–C) groups is 1. The summed E-state index contributed by atoms with van der Waals surface area (Å²) < 4.78 is 6.80. The van der Waals surface area contributed by atoms with Gasteiger partial charge < -0.3 is 15.0 Å². The van der Waals surface area contributed by atoms with E-state index in [1.165, 1.54) is 0 Å². The Bertz CT molecular complexity index is 623. The zero-order valence-corrected chi connectivity index (χ0v) is 16.3. The number of nitrogens with one attached hydrogen (secondary N) is 1. The molecule has 0 bridgehead atoms. The van der Waals surface area contributed by atoms with Crippen molar-refractivity contribution in [3.63, 3.8) is 0 Å². The first-order valence-corrected chi connectivity index (χ1v) is 9.00. The first-order chi connectivity index (χ1) is 11.4. The molecule has 1 saturated heterocycles. The summed E-state index contributed by atoms with van der Waals surface area (Å²) in [7, 11) is 2.01. The summed E-state index contributed by atoms with van der Waals surface area (Å²) >= 11 is 3.41. The van der Waals surface area contributed by atoms with Gasteiger partial charge in [0.05, 0.1) is 5.69 Å². The van der Waals surface area contributed by atoms with Gasteiger partial charge in [0, 0.05) is 32.0 Å².